The van der Waals surface area contributed by atoms with Gasteiger partial charge in [-0.3, -0.25) is 0 Å². The summed E-state index contributed by atoms with van der Waals surface area (Å²) in [5.74, 6) is 0. The lowest BCUT2D eigenvalue weighted by Crippen LogP contribution is -1.84. The second-order valence-corrected chi connectivity index (χ2v) is 3.66. The van der Waals surface area contributed by atoms with Crippen LogP contribution in [0.5, 0.6) is 0 Å². The van der Waals surface area contributed by atoms with E-state index in [2.05, 4.69) is 13.8 Å². The fraction of sp³-hybridized carbons (Fsp3) is 0.833. The minimum absolute atomic E-state index is 0.992. The highest BCUT2D eigenvalue weighted by atomic mass is 16.2. The standard InChI is InChI=1S/C12H24O/c1-3-5-6-7-8-9-10-12(4-2)11-13/h11,13H,3-10H2,1-2H3/b12-11+. The van der Waals surface area contributed by atoms with Crippen LogP contribution in [0.25, 0.3) is 0 Å². The predicted molar refractivity (Wildman–Crippen MR) is 59.0 cm³/mol. The first-order valence-electron chi connectivity index (χ1n) is 5.67. The molecule has 0 heterocycles. The van der Waals surface area contributed by atoms with Gasteiger partial charge in [-0.05, 0) is 24.8 Å². The highest BCUT2D eigenvalue weighted by Gasteiger charge is 1.94. The van der Waals surface area contributed by atoms with Crippen molar-refractivity contribution in [2.75, 3.05) is 0 Å². The van der Waals surface area contributed by atoms with Gasteiger partial charge in [0.15, 0.2) is 0 Å². The smallest absolute Gasteiger partial charge is 0.0783 e. The van der Waals surface area contributed by atoms with E-state index < -0.39 is 0 Å². The molecule has 0 fully saturated rings. The van der Waals surface area contributed by atoms with E-state index in [1.807, 2.05) is 0 Å². The molecular formula is C12H24O. The molecule has 0 aliphatic rings. The van der Waals surface area contributed by atoms with Crippen LogP contribution in [0.2, 0.25) is 0 Å². The van der Waals surface area contributed by atoms with Crippen LogP contribution in [-0.4, -0.2) is 5.11 Å². The Morgan fingerprint density at radius 3 is 2.15 bits per heavy atom. The molecule has 0 bridgehead atoms. The summed E-state index contributed by atoms with van der Waals surface area (Å²) in [6.45, 7) is 4.34. The van der Waals surface area contributed by atoms with Crippen molar-refractivity contribution in [2.24, 2.45) is 0 Å². The van der Waals surface area contributed by atoms with Gasteiger partial charge in [0.25, 0.3) is 0 Å². The molecule has 0 rings (SSSR count). The van der Waals surface area contributed by atoms with Crippen LogP contribution in [-0.2, 0) is 0 Å². The van der Waals surface area contributed by atoms with E-state index in [4.69, 9.17) is 5.11 Å². The van der Waals surface area contributed by atoms with Gasteiger partial charge in [-0.15, -0.1) is 0 Å². The van der Waals surface area contributed by atoms with Gasteiger partial charge in [-0.1, -0.05) is 46.0 Å². The molecule has 0 spiro atoms. The quantitative estimate of drug-likeness (QED) is 0.432. The van der Waals surface area contributed by atoms with Gasteiger partial charge in [0.05, 0.1) is 6.26 Å². The maximum absolute atomic E-state index is 8.80. The molecule has 0 saturated carbocycles. The molecule has 0 radical (unpaired) electrons. The molecule has 0 aromatic carbocycles. The normalized spacial score (nSPS) is 12.0. The molecule has 0 atom stereocenters. The van der Waals surface area contributed by atoms with Crippen molar-refractivity contribution in [3.05, 3.63) is 11.8 Å². The Bertz CT molecular complexity index is 127. The van der Waals surface area contributed by atoms with Crippen LogP contribution in [0.1, 0.15) is 65.2 Å². The van der Waals surface area contributed by atoms with Gasteiger partial charge in [0, 0.05) is 0 Å². The molecule has 1 nitrogen and oxygen atoms in total. The summed E-state index contributed by atoms with van der Waals surface area (Å²) < 4.78 is 0. The third-order valence-corrected chi connectivity index (χ3v) is 2.49. The lowest BCUT2D eigenvalue weighted by Gasteiger charge is -2.02. The van der Waals surface area contributed by atoms with E-state index in [-0.39, 0.29) is 0 Å². The molecule has 1 N–H and O–H groups in total. The van der Waals surface area contributed by atoms with Gasteiger partial charge in [-0.25, -0.2) is 0 Å². The molecule has 0 aromatic rings. The fourth-order valence-corrected chi connectivity index (χ4v) is 1.47. The van der Waals surface area contributed by atoms with Crippen molar-refractivity contribution in [1.29, 1.82) is 0 Å². The maximum atomic E-state index is 8.80. The van der Waals surface area contributed by atoms with Crippen molar-refractivity contribution in [3.8, 4) is 0 Å². The lowest BCUT2D eigenvalue weighted by atomic mass is 10.0. The van der Waals surface area contributed by atoms with E-state index in [0.717, 1.165) is 12.8 Å². The summed E-state index contributed by atoms with van der Waals surface area (Å²) in [5, 5.41) is 8.80. The molecule has 0 aliphatic heterocycles. The average molecular weight is 184 g/mol. The first-order chi connectivity index (χ1) is 6.35. The Kier molecular flexibility index (Phi) is 9.29. The molecule has 0 aromatic heterocycles. The van der Waals surface area contributed by atoms with E-state index in [1.54, 1.807) is 0 Å². The molecule has 13 heavy (non-hydrogen) atoms. The van der Waals surface area contributed by atoms with Crippen molar-refractivity contribution < 1.29 is 5.11 Å². The number of hydrogen-bond donors (Lipinski definition) is 1. The molecule has 0 amide bonds. The zero-order valence-corrected chi connectivity index (χ0v) is 9.18. The third-order valence-electron chi connectivity index (χ3n) is 2.49. The third kappa shape index (κ3) is 7.89. The minimum Gasteiger partial charge on any atom is -0.516 e. The Morgan fingerprint density at radius 1 is 1.00 bits per heavy atom. The Hall–Kier alpha value is -0.460. The van der Waals surface area contributed by atoms with Crippen LogP contribution < -0.4 is 0 Å². The summed E-state index contributed by atoms with van der Waals surface area (Å²) in [6.07, 6.45) is 11.3. The Balaban J connectivity index is 3.15. The van der Waals surface area contributed by atoms with Crippen molar-refractivity contribution in [3.63, 3.8) is 0 Å². The van der Waals surface area contributed by atoms with Gasteiger partial charge in [-0.2, -0.15) is 0 Å². The summed E-state index contributed by atoms with van der Waals surface area (Å²) in [7, 11) is 0. The second-order valence-electron chi connectivity index (χ2n) is 3.66. The van der Waals surface area contributed by atoms with Crippen molar-refractivity contribution in [2.45, 2.75) is 65.2 Å². The second kappa shape index (κ2) is 9.63. The summed E-state index contributed by atoms with van der Waals surface area (Å²) in [5.41, 5.74) is 1.19. The van der Waals surface area contributed by atoms with Gasteiger partial charge in [0.2, 0.25) is 0 Å². The van der Waals surface area contributed by atoms with E-state index in [0.29, 0.717) is 0 Å². The summed E-state index contributed by atoms with van der Waals surface area (Å²) in [6, 6.07) is 0. The van der Waals surface area contributed by atoms with Gasteiger partial charge < -0.3 is 5.11 Å². The van der Waals surface area contributed by atoms with Crippen LogP contribution in [0.3, 0.4) is 0 Å². The largest absolute Gasteiger partial charge is 0.516 e. The minimum atomic E-state index is 0.992. The molecule has 0 unspecified atom stereocenters. The van der Waals surface area contributed by atoms with E-state index in [1.165, 1.54) is 50.4 Å². The van der Waals surface area contributed by atoms with Crippen LogP contribution in [0, 0.1) is 0 Å². The predicted octanol–water partition coefficient (Wildman–Crippen LogP) is 4.59. The van der Waals surface area contributed by atoms with Crippen LogP contribution >= 0.6 is 0 Å². The highest BCUT2D eigenvalue weighted by molar-refractivity contribution is 4.95. The zero-order chi connectivity index (χ0) is 9.94. The molecule has 0 saturated heterocycles. The van der Waals surface area contributed by atoms with Crippen molar-refractivity contribution in [1.82, 2.24) is 0 Å². The summed E-state index contributed by atoms with van der Waals surface area (Å²) in [4.78, 5) is 0. The van der Waals surface area contributed by atoms with E-state index >= 15 is 0 Å². The van der Waals surface area contributed by atoms with Crippen LogP contribution in [0.4, 0.5) is 0 Å². The lowest BCUT2D eigenvalue weighted by molar-refractivity contribution is 0.459. The molecule has 78 valence electrons. The highest BCUT2D eigenvalue weighted by Crippen LogP contribution is 2.13. The number of rotatable bonds is 8. The SMILES string of the molecule is CCCCCCCC/C(=C/O)CC. The number of unbranched alkanes of at least 4 members (excludes halogenated alkanes) is 5. The number of allylic oxidation sites excluding steroid dienone is 1. The fourth-order valence-electron chi connectivity index (χ4n) is 1.47. The first kappa shape index (κ1) is 12.5. The Morgan fingerprint density at radius 2 is 1.62 bits per heavy atom. The average Bonchev–Trinajstić information content (AvgIpc) is 2.17. The molecule has 0 aliphatic carbocycles. The number of aliphatic hydroxyl groups is 1. The van der Waals surface area contributed by atoms with Crippen LogP contribution in [0.15, 0.2) is 11.8 Å². The zero-order valence-electron chi connectivity index (χ0n) is 9.18. The van der Waals surface area contributed by atoms with Crippen molar-refractivity contribution >= 4 is 0 Å². The molecular weight excluding hydrogens is 160 g/mol. The van der Waals surface area contributed by atoms with Gasteiger partial charge in [0.1, 0.15) is 0 Å². The topological polar surface area (TPSA) is 20.2 Å². The molecule has 1 heteroatoms. The Labute approximate surface area is 82.9 Å². The van der Waals surface area contributed by atoms with Gasteiger partial charge >= 0.3 is 0 Å². The number of aliphatic hydroxyl groups excluding tert-OH is 1. The monoisotopic (exact) mass is 184 g/mol. The first-order valence-corrected chi connectivity index (χ1v) is 5.67. The summed E-state index contributed by atoms with van der Waals surface area (Å²) >= 11 is 0. The van der Waals surface area contributed by atoms with E-state index in [9.17, 15) is 0 Å². The number of hydrogen-bond acceptors (Lipinski definition) is 1. The maximum Gasteiger partial charge on any atom is 0.0783 e.